The fraction of sp³-hybridized carbons (Fsp3) is 0.429. The number of benzene rings is 1. The molecule has 1 aromatic carbocycles. The molecule has 1 N–H and O–H groups in total. The van der Waals surface area contributed by atoms with E-state index in [-0.39, 0.29) is 17.8 Å². The van der Waals surface area contributed by atoms with Crippen LogP contribution < -0.4 is 5.32 Å². The minimum atomic E-state index is -0.317. The third kappa shape index (κ3) is 2.57. The van der Waals surface area contributed by atoms with Gasteiger partial charge in [-0.25, -0.2) is 4.39 Å². The summed E-state index contributed by atoms with van der Waals surface area (Å²) < 4.78 is 24.0. The van der Waals surface area contributed by atoms with Crippen LogP contribution in [0.25, 0.3) is 11.4 Å². The number of nitrogens with one attached hydrogen (secondary N) is 1. The van der Waals surface area contributed by atoms with Gasteiger partial charge in [-0.05, 0) is 25.6 Å². The van der Waals surface area contributed by atoms with Crippen LogP contribution in [0.15, 0.2) is 28.8 Å². The number of hydrogen-bond donors (Lipinski definition) is 1. The van der Waals surface area contributed by atoms with Gasteiger partial charge in [0.25, 0.3) is 0 Å². The molecule has 1 aliphatic heterocycles. The number of hydrogen-bond acceptors (Lipinski definition) is 5. The fourth-order valence-electron chi connectivity index (χ4n) is 2.46. The number of halogens is 1. The highest BCUT2D eigenvalue weighted by molar-refractivity contribution is 5.53. The van der Waals surface area contributed by atoms with Crippen molar-refractivity contribution >= 4 is 0 Å². The summed E-state index contributed by atoms with van der Waals surface area (Å²) >= 11 is 0. The summed E-state index contributed by atoms with van der Waals surface area (Å²) in [7, 11) is 1.91. The van der Waals surface area contributed by atoms with Crippen LogP contribution in [0.4, 0.5) is 4.39 Å². The maximum Gasteiger partial charge on any atom is 0.233 e. The monoisotopic (exact) mass is 277 g/mol. The smallest absolute Gasteiger partial charge is 0.233 e. The topological polar surface area (TPSA) is 60.2 Å². The zero-order valence-electron chi connectivity index (χ0n) is 11.2. The summed E-state index contributed by atoms with van der Waals surface area (Å²) in [6.07, 6.45) is 0.902. The highest BCUT2D eigenvalue weighted by atomic mass is 19.1. The second-order valence-corrected chi connectivity index (χ2v) is 4.83. The van der Waals surface area contributed by atoms with Crippen molar-refractivity contribution in [1.29, 1.82) is 0 Å². The van der Waals surface area contributed by atoms with Crippen molar-refractivity contribution in [2.75, 3.05) is 20.3 Å². The van der Waals surface area contributed by atoms with Gasteiger partial charge < -0.3 is 14.6 Å². The van der Waals surface area contributed by atoms with Gasteiger partial charge in [-0.3, -0.25) is 0 Å². The number of rotatable bonds is 3. The quantitative estimate of drug-likeness (QED) is 0.929. The molecule has 6 heteroatoms. The van der Waals surface area contributed by atoms with E-state index >= 15 is 0 Å². The number of nitrogens with zero attached hydrogens (tertiary/aromatic N) is 2. The van der Waals surface area contributed by atoms with Crippen molar-refractivity contribution in [1.82, 2.24) is 15.5 Å². The van der Waals surface area contributed by atoms with E-state index in [2.05, 4.69) is 15.5 Å². The molecule has 20 heavy (non-hydrogen) atoms. The van der Waals surface area contributed by atoms with E-state index in [1.165, 1.54) is 12.1 Å². The van der Waals surface area contributed by atoms with Gasteiger partial charge in [0.15, 0.2) is 0 Å². The van der Waals surface area contributed by atoms with Gasteiger partial charge in [-0.1, -0.05) is 17.3 Å². The lowest BCUT2D eigenvalue weighted by atomic mass is 9.96. The maximum absolute atomic E-state index is 13.2. The molecular weight excluding hydrogens is 261 g/mol. The van der Waals surface area contributed by atoms with Crippen LogP contribution in [-0.4, -0.2) is 36.4 Å². The Labute approximate surface area is 116 Å². The summed E-state index contributed by atoms with van der Waals surface area (Å²) in [6, 6.07) is 6.41. The first kappa shape index (κ1) is 13.2. The summed E-state index contributed by atoms with van der Waals surface area (Å²) in [5, 5.41) is 7.18. The summed E-state index contributed by atoms with van der Waals surface area (Å²) in [6.45, 7) is 1.28. The second kappa shape index (κ2) is 5.68. The van der Waals surface area contributed by atoms with E-state index in [1.54, 1.807) is 12.1 Å². The molecule has 3 rings (SSSR count). The van der Waals surface area contributed by atoms with Crippen molar-refractivity contribution < 1.29 is 13.7 Å². The lowest BCUT2D eigenvalue weighted by Crippen LogP contribution is -2.39. The molecule has 0 bridgehead atoms. The van der Waals surface area contributed by atoms with Crippen molar-refractivity contribution in [3.05, 3.63) is 36.0 Å². The molecule has 2 atom stereocenters. The first-order valence-electron chi connectivity index (χ1n) is 6.62. The van der Waals surface area contributed by atoms with Crippen LogP contribution in [0.1, 0.15) is 18.2 Å². The molecule has 106 valence electrons. The molecular formula is C14H16FN3O2. The Kier molecular flexibility index (Phi) is 3.75. The van der Waals surface area contributed by atoms with Gasteiger partial charge in [0.05, 0.1) is 12.5 Å². The largest absolute Gasteiger partial charge is 0.381 e. The Morgan fingerprint density at radius 2 is 2.30 bits per heavy atom. The molecule has 2 aromatic rings. The van der Waals surface area contributed by atoms with Crippen molar-refractivity contribution in [2.24, 2.45) is 0 Å². The molecule has 0 saturated carbocycles. The zero-order valence-corrected chi connectivity index (χ0v) is 11.2. The maximum atomic E-state index is 13.2. The van der Waals surface area contributed by atoms with Gasteiger partial charge in [-0.15, -0.1) is 0 Å². The SMILES string of the molecule is CNC1CCOCC1c1nc(-c2cccc(F)c2)no1. The Balaban J connectivity index is 1.86. The van der Waals surface area contributed by atoms with Crippen LogP contribution in [0.2, 0.25) is 0 Å². The van der Waals surface area contributed by atoms with Crippen molar-refractivity contribution in [3.8, 4) is 11.4 Å². The van der Waals surface area contributed by atoms with E-state index in [4.69, 9.17) is 9.26 Å². The molecule has 1 saturated heterocycles. The number of likely N-dealkylation sites (N-methyl/N-ethyl adjacent to an activating group) is 1. The van der Waals surface area contributed by atoms with Crippen LogP contribution in [0, 0.1) is 5.82 Å². The first-order chi connectivity index (χ1) is 9.78. The van der Waals surface area contributed by atoms with Crippen LogP contribution >= 0.6 is 0 Å². The lowest BCUT2D eigenvalue weighted by Gasteiger charge is -2.28. The van der Waals surface area contributed by atoms with Crippen LogP contribution in [0.5, 0.6) is 0 Å². The predicted octanol–water partition coefficient (Wildman–Crippen LogP) is 1.97. The third-order valence-electron chi connectivity index (χ3n) is 3.57. The Hall–Kier alpha value is -1.79. The van der Waals surface area contributed by atoms with E-state index in [0.717, 1.165) is 13.0 Å². The molecule has 0 aliphatic carbocycles. The highest BCUT2D eigenvalue weighted by Crippen LogP contribution is 2.26. The van der Waals surface area contributed by atoms with Gasteiger partial charge in [0, 0.05) is 18.2 Å². The molecule has 1 aromatic heterocycles. The van der Waals surface area contributed by atoms with E-state index in [0.29, 0.717) is 23.9 Å². The van der Waals surface area contributed by atoms with Gasteiger partial charge >= 0.3 is 0 Å². The number of aromatic nitrogens is 2. The molecule has 2 unspecified atom stereocenters. The van der Waals surface area contributed by atoms with Crippen molar-refractivity contribution in [2.45, 2.75) is 18.4 Å². The van der Waals surface area contributed by atoms with E-state index in [9.17, 15) is 4.39 Å². The molecule has 2 heterocycles. The third-order valence-corrected chi connectivity index (χ3v) is 3.57. The molecule has 0 radical (unpaired) electrons. The molecule has 1 aliphatic rings. The highest BCUT2D eigenvalue weighted by Gasteiger charge is 2.30. The average molecular weight is 277 g/mol. The lowest BCUT2D eigenvalue weighted by molar-refractivity contribution is 0.0516. The fourth-order valence-corrected chi connectivity index (χ4v) is 2.46. The van der Waals surface area contributed by atoms with Crippen LogP contribution in [0.3, 0.4) is 0 Å². The summed E-state index contributed by atoms with van der Waals surface area (Å²) in [5.74, 6) is 0.648. The molecule has 0 amide bonds. The standard InChI is InChI=1S/C14H16FN3O2/c1-16-12-5-6-19-8-11(12)14-17-13(18-20-14)9-3-2-4-10(15)7-9/h2-4,7,11-12,16H,5-6,8H2,1H3. The van der Waals surface area contributed by atoms with Crippen LogP contribution in [-0.2, 0) is 4.74 Å². The van der Waals surface area contributed by atoms with E-state index < -0.39 is 0 Å². The van der Waals surface area contributed by atoms with Gasteiger partial charge in [-0.2, -0.15) is 4.98 Å². The number of ether oxygens (including phenoxy) is 1. The predicted molar refractivity (Wildman–Crippen MR) is 70.7 cm³/mol. The minimum Gasteiger partial charge on any atom is -0.381 e. The van der Waals surface area contributed by atoms with Gasteiger partial charge in [0.2, 0.25) is 11.7 Å². The summed E-state index contributed by atoms with van der Waals surface area (Å²) in [4.78, 5) is 4.38. The summed E-state index contributed by atoms with van der Waals surface area (Å²) in [5.41, 5.74) is 0.609. The minimum absolute atomic E-state index is 0.0311. The Morgan fingerprint density at radius 3 is 3.10 bits per heavy atom. The first-order valence-corrected chi connectivity index (χ1v) is 6.62. The second-order valence-electron chi connectivity index (χ2n) is 4.83. The normalized spacial score (nSPS) is 22.9. The Morgan fingerprint density at radius 1 is 1.40 bits per heavy atom. The Bertz CT molecular complexity index is 587. The average Bonchev–Trinajstić information content (AvgIpc) is 2.97. The zero-order chi connectivity index (χ0) is 13.9. The van der Waals surface area contributed by atoms with Gasteiger partial charge in [0.1, 0.15) is 5.82 Å². The molecule has 0 spiro atoms. The molecule has 5 nitrogen and oxygen atoms in total. The van der Waals surface area contributed by atoms with E-state index in [1.807, 2.05) is 7.05 Å². The molecule has 1 fully saturated rings. The van der Waals surface area contributed by atoms with Crippen molar-refractivity contribution in [3.63, 3.8) is 0 Å².